The van der Waals surface area contributed by atoms with Gasteiger partial charge in [0.2, 0.25) is 0 Å². The van der Waals surface area contributed by atoms with Gasteiger partial charge in [0.25, 0.3) is 11.5 Å². The average Bonchev–Trinajstić information content (AvgIpc) is 3.43. The van der Waals surface area contributed by atoms with Gasteiger partial charge in [-0.05, 0) is 50.3 Å². The van der Waals surface area contributed by atoms with Crippen LogP contribution in [0.2, 0.25) is 0 Å². The van der Waals surface area contributed by atoms with E-state index in [-0.39, 0.29) is 17.0 Å². The van der Waals surface area contributed by atoms with Crippen LogP contribution >= 0.6 is 24.0 Å². The van der Waals surface area contributed by atoms with Crippen LogP contribution in [0.4, 0.5) is 5.82 Å². The Hall–Kier alpha value is -2.89. The fraction of sp³-hybridized carbons (Fsp3) is 0.385. The van der Waals surface area contributed by atoms with Gasteiger partial charge in [-0.1, -0.05) is 60.7 Å². The highest BCUT2D eigenvalue weighted by Crippen LogP contribution is 2.37. The van der Waals surface area contributed by atoms with Crippen LogP contribution in [-0.2, 0) is 17.9 Å². The molecule has 176 valence electrons. The summed E-state index contributed by atoms with van der Waals surface area (Å²) in [5.74, 6) is 0.666. The number of carbonyl (C=O) groups is 1. The molecule has 0 bridgehead atoms. The van der Waals surface area contributed by atoms with Gasteiger partial charge in [0.15, 0.2) is 0 Å². The highest BCUT2D eigenvalue weighted by Gasteiger charge is 2.33. The van der Waals surface area contributed by atoms with Crippen molar-refractivity contribution in [3.8, 4) is 6.07 Å². The van der Waals surface area contributed by atoms with Gasteiger partial charge < -0.3 is 4.90 Å². The summed E-state index contributed by atoms with van der Waals surface area (Å²) in [6.45, 7) is 8.48. The lowest BCUT2D eigenvalue weighted by Crippen LogP contribution is -2.33. The number of anilines is 1. The third-order valence-corrected chi connectivity index (χ3v) is 7.69. The van der Waals surface area contributed by atoms with Gasteiger partial charge in [-0.25, -0.2) is 0 Å². The first-order valence-corrected chi connectivity index (χ1v) is 12.8. The number of hydrogen-bond acceptors (Lipinski definition) is 6. The number of nitrogens with zero attached hydrogens (tertiary/aromatic N) is 4. The maximum absolute atomic E-state index is 13.4. The van der Waals surface area contributed by atoms with Gasteiger partial charge >= 0.3 is 0 Å². The number of thiocarbonyl (C=S) groups is 1. The zero-order valence-corrected chi connectivity index (χ0v) is 21.4. The quantitative estimate of drug-likeness (QED) is 0.428. The Labute approximate surface area is 209 Å². The van der Waals surface area contributed by atoms with Crippen molar-refractivity contribution < 1.29 is 4.79 Å². The predicted molar refractivity (Wildman–Crippen MR) is 142 cm³/mol. The molecule has 2 fully saturated rings. The van der Waals surface area contributed by atoms with Crippen molar-refractivity contribution in [1.29, 1.82) is 5.26 Å². The Bertz CT molecular complexity index is 1270. The van der Waals surface area contributed by atoms with Crippen LogP contribution < -0.4 is 10.5 Å². The molecule has 2 saturated heterocycles. The molecule has 34 heavy (non-hydrogen) atoms. The van der Waals surface area contributed by atoms with Gasteiger partial charge in [0.05, 0.1) is 11.4 Å². The van der Waals surface area contributed by atoms with Gasteiger partial charge in [-0.3, -0.25) is 19.1 Å². The molecule has 6 nitrogen and oxygen atoms in total. The summed E-state index contributed by atoms with van der Waals surface area (Å²) < 4.78 is 2.23. The van der Waals surface area contributed by atoms with Crippen molar-refractivity contribution in [2.45, 2.75) is 53.1 Å². The third-order valence-electron chi connectivity index (χ3n) is 6.31. The Kier molecular flexibility index (Phi) is 7.24. The molecule has 0 atom stereocenters. The lowest BCUT2D eigenvalue weighted by molar-refractivity contribution is -0.122. The Morgan fingerprint density at radius 2 is 1.82 bits per heavy atom. The van der Waals surface area contributed by atoms with Crippen LogP contribution in [0, 0.1) is 25.2 Å². The van der Waals surface area contributed by atoms with Gasteiger partial charge in [0.1, 0.15) is 21.8 Å². The number of benzene rings is 1. The van der Waals surface area contributed by atoms with Crippen LogP contribution in [0.1, 0.15) is 54.0 Å². The fourth-order valence-electron chi connectivity index (χ4n) is 4.49. The second-order valence-corrected chi connectivity index (χ2v) is 10.4. The second-order valence-electron chi connectivity index (χ2n) is 8.75. The number of aryl methyl sites for hydroxylation is 1. The zero-order chi connectivity index (χ0) is 24.4. The van der Waals surface area contributed by atoms with E-state index in [1.54, 1.807) is 16.4 Å². The van der Waals surface area contributed by atoms with E-state index in [1.165, 1.54) is 11.8 Å². The molecule has 2 aliphatic heterocycles. The van der Waals surface area contributed by atoms with E-state index in [0.29, 0.717) is 27.9 Å². The van der Waals surface area contributed by atoms with Crippen molar-refractivity contribution in [3.05, 3.63) is 67.3 Å². The number of carbonyl (C=O) groups excluding carboxylic acids is 1. The molecule has 0 aliphatic carbocycles. The average molecular weight is 493 g/mol. The van der Waals surface area contributed by atoms with Crippen LogP contribution in [-0.4, -0.2) is 32.8 Å². The smallest absolute Gasteiger partial charge is 0.270 e. The summed E-state index contributed by atoms with van der Waals surface area (Å²) in [6, 6.07) is 10.2. The van der Waals surface area contributed by atoms with Crippen LogP contribution in [0.15, 0.2) is 34.0 Å². The first kappa shape index (κ1) is 24.2. The largest absolute Gasteiger partial charge is 0.357 e. The van der Waals surface area contributed by atoms with E-state index in [0.717, 1.165) is 54.9 Å². The lowest BCUT2D eigenvalue weighted by atomic mass is 10.0. The Morgan fingerprint density at radius 3 is 2.44 bits per heavy atom. The summed E-state index contributed by atoms with van der Waals surface area (Å²) in [7, 11) is 0. The number of nitriles is 1. The van der Waals surface area contributed by atoms with Gasteiger partial charge in [-0.15, -0.1) is 0 Å². The van der Waals surface area contributed by atoms with Crippen LogP contribution in [0.25, 0.3) is 6.08 Å². The normalized spacial score (nSPS) is 17.2. The standard InChI is InChI=1S/C26H28N4O2S2/c1-4-11-29-23(28-12-5-6-13-28)20(18(3)21(15-27)24(29)31)14-22-25(32)30(26(33)34-22)16-19-9-7-17(2)8-10-19/h7-10,14H,4-6,11-13,16H2,1-3H3. The van der Waals surface area contributed by atoms with E-state index >= 15 is 0 Å². The molecule has 4 rings (SSSR count). The van der Waals surface area contributed by atoms with Crippen molar-refractivity contribution in [2.24, 2.45) is 0 Å². The maximum atomic E-state index is 13.4. The number of amides is 1. The second kappa shape index (κ2) is 10.2. The first-order chi connectivity index (χ1) is 16.3. The molecule has 0 spiro atoms. The molecule has 1 amide bonds. The van der Waals surface area contributed by atoms with Crippen molar-refractivity contribution >= 4 is 46.1 Å². The summed E-state index contributed by atoms with van der Waals surface area (Å²) in [5.41, 5.74) is 3.44. The van der Waals surface area contributed by atoms with Crippen molar-refractivity contribution in [1.82, 2.24) is 9.47 Å². The molecule has 0 N–H and O–H groups in total. The summed E-state index contributed by atoms with van der Waals surface area (Å²) >= 11 is 6.83. The molecule has 0 saturated carbocycles. The van der Waals surface area contributed by atoms with E-state index in [1.807, 2.05) is 44.2 Å². The maximum Gasteiger partial charge on any atom is 0.270 e. The van der Waals surface area contributed by atoms with E-state index in [9.17, 15) is 14.9 Å². The first-order valence-electron chi connectivity index (χ1n) is 11.6. The molecular weight excluding hydrogens is 464 g/mol. The lowest BCUT2D eigenvalue weighted by Gasteiger charge is -2.26. The fourth-order valence-corrected chi connectivity index (χ4v) is 5.73. The molecule has 0 radical (unpaired) electrons. The molecular formula is C26H28N4O2S2. The van der Waals surface area contributed by atoms with E-state index < -0.39 is 0 Å². The van der Waals surface area contributed by atoms with Crippen LogP contribution in [0.5, 0.6) is 0 Å². The molecule has 2 aliphatic rings. The molecule has 2 aromatic rings. The number of pyridine rings is 1. The van der Waals surface area contributed by atoms with Gasteiger partial charge in [-0.2, -0.15) is 5.26 Å². The minimum absolute atomic E-state index is 0.137. The minimum Gasteiger partial charge on any atom is -0.357 e. The predicted octanol–water partition coefficient (Wildman–Crippen LogP) is 4.75. The Balaban J connectivity index is 1.80. The number of rotatable bonds is 6. The number of thioether (sulfide) groups is 1. The minimum atomic E-state index is -0.257. The number of hydrogen-bond donors (Lipinski definition) is 0. The molecule has 1 aromatic heterocycles. The monoisotopic (exact) mass is 492 g/mol. The molecule has 3 heterocycles. The van der Waals surface area contributed by atoms with E-state index in [2.05, 4.69) is 11.0 Å². The Morgan fingerprint density at radius 1 is 1.15 bits per heavy atom. The highest BCUT2D eigenvalue weighted by molar-refractivity contribution is 8.26. The van der Waals surface area contributed by atoms with Crippen molar-refractivity contribution in [2.75, 3.05) is 18.0 Å². The summed E-state index contributed by atoms with van der Waals surface area (Å²) in [6.07, 6.45) is 4.71. The topological polar surface area (TPSA) is 69.3 Å². The van der Waals surface area contributed by atoms with Crippen molar-refractivity contribution in [3.63, 3.8) is 0 Å². The molecule has 0 unspecified atom stereocenters. The summed E-state index contributed by atoms with van der Waals surface area (Å²) in [5, 5.41) is 9.75. The van der Waals surface area contributed by atoms with Gasteiger partial charge in [0, 0.05) is 25.2 Å². The molecule has 1 aromatic carbocycles. The SMILES string of the molecule is CCCn1c(N2CCCC2)c(C=C2SC(=S)N(Cc3ccc(C)cc3)C2=O)c(C)c(C#N)c1=O. The number of aromatic nitrogens is 1. The summed E-state index contributed by atoms with van der Waals surface area (Å²) in [4.78, 5) is 30.9. The highest BCUT2D eigenvalue weighted by atomic mass is 32.2. The zero-order valence-electron chi connectivity index (χ0n) is 19.8. The van der Waals surface area contributed by atoms with E-state index in [4.69, 9.17) is 12.2 Å². The molecule has 8 heteroatoms. The third kappa shape index (κ3) is 4.55. The van der Waals surface area contributed by atoms with Crippen LogP contribution in [0.3, 0.4) is 0 Å².